The number of amides is 4. The normalized spacial score (nSPS) is 21.2. The highest BCUT2D eigenvalue weighted by atomic mass is 19.1. The van der Waals surface area contributed by atoms with Gasteiger partial charge in [-0.25, -0.2) is 13.6 Å². The molecule has 4 amide bonds. The number of nitrogens with zero attached hydrogens (tertiary/aromatic N) is 2. The molecule has 1 atom stereocenters. The first-order valence-corrected chi connectivity index (χ1v) is 9.29. The van der Waals surface area contributed by atoms with E-state index in [4.69, 9.17) is 0 Å². The molecule has 0 aliphatic carbocycles. The molecule has 1 unspecified atom stereocenters. The second-order valence-electron chi connectivity index (χ2n) is 7.36. The van der Waals surface area contributed by atoms with Gasteiger partial charge in [0, 0.05) is 12.6 Å². The lowest BCUT2D eigenvalue weighted by Crippen LogP contribution is -2.46. The molecule has 0 radical (unpaired) electrons. The van der Waals surface area contributed by atoms with E-state index in [2.05, 4.69) is 5.32 Å². The minimum Gasteiger partial charge on any atom is -0.319 e. The molecule has 1 saturated heterocycles. The number of nitrogens with one attached hydrogen (secondary N) is 1. The first-order chi connectivity index (χ1) is 13.8. The van der Waals surface area contributed by atoms with E-state index in [0.717, 1.165) is 11.0 Å². The summed E-state index contributed by atoms with van der Waals surface area (Å²) in [6, 6.07) is 9.97. The molecule has 0 aromatic heterocycles. The zero-order valence-corrected chi connectivity index (χ0v) is 15.7. The Kier molecular flexibility index (Phi) is 4.56. The van der Waals surface area contributed by atoms with Crippen molar-refractivity contribution < 1.29 is 23.2 Å². The predicted molar refractivity (Wildman–Crippen MR) is 101 cm³/mol. The van der Waals surface area contributed by atoms with Crippen molar-refractivity contribution in [1.82, 2.24) is 10.2 Å². The third-order valence-electron chi connectivity index (χ3n) is 5.43. The van der Waals surface area contributed by atoms with Crippen molar-refractivity contribution in [3.63, 3.8) is 0 Å². The van der Waals surface area contributed by atoms with Gasteiger partial charge in [-0.3, -0.25) is 14.5 Å². The number of benzene rings is 2. The molecule has 1 N–H and O–H groups in total. The molecule has 6 nitrogen and oxygen atoms in total. The van der Waals surface area contributed by atoms with Gasteiger partial charge < -0.3 is 10.2 Å². The second kappa shape index (κ2) is 6.95. The molecule has 4 rings (SSSR count). The highest BCUT2D eigenvalue weighted by molar-refractivity contribution is 6.10. The second-order valence-corrected chi connectivity index (χ2v) is 7.36. The standard InChI is InChI=1S/C21H19F2N3O3/c1-21(14-7-3-2-4-8-14)19(28)26(20(29)24-21)12-17(27)25-9-5-6-13-10-15(22)11-16(23)18(13)25/h2-4,7-8,10-11H,5-6,9,12H2,1H3,(H,24,29). The Bertz CT molecular complexity index is 1010. The van der Waals surface area contributed by atoms with Gasteiger partial charge >= 0.3 is 6.03 Å². The molecule has 150 valence electrons. The summed E-state index contributed by atoms with van der Waals surface area (Å²) >= 11 is 0. The molecule has 0 bridgehead atoms. The van der Waals surface area contributed by atoms with Crippen LogP contribution < -0.4 is 10.2 Å². The van der Waals surface area contributed by atoms with Crippen LogP contribution in [0, 0.1) is 11.6 Å². The minimum atomic E-state index is -1.28. The lowest BCUT2D eigenvalue weighted by molar-refractivity contribution is -0.134. The molecule has 1 fully saturated rings. The summed E-state index contributed by atoms with van der Waals surface area (Å²) in [5.74, 6) is -2.70. The van der Waals surface area contributed by atoms with E-state index in [9.17, 15) is 23.2 Å². The zero-order valence-electron chi connectivity index (χ0n) is 15.7. The van der Waals surface area contributed by atoms with Crippen LogP contribution in [-0.2, 0) is 21.5 Å². The van der Waals surface area contributed by atoms with E-state index < -0.39 is 41.6 Å². The fraction of sp³-hybridized carbons (Fsp3) is 0.286. The number of halogens is 2. The van der Waals surface area contributed by atoms with Gasteiger partial charge in [-0.05, 0) is 37.0 Å². The molecule has 2 aliphatic heterocycles. The van der Waals surface area contributed by atoms with Crippen LogP contribution in [0.2, 0.25) is 0 Å². The quantitative estimate of drug-likeness (QED) is 0.807. The number of urea groups is 1. The summed E-state index contributed by atoms with van der Waals surface area (Å²) in [4.78, 5) is 40.3. The van der Waals surface area contributed by atoms with E-state index >= 15 is 0 Å². The van der Waals surface area contributed by atoms with E-state index in [1.54, 1.807) is 37.3 Å². The smallest absolute Gasteiger partial charge is 0.319 e. The van der Waals surface area contributed by atoms with Gasteiger partial charge in [0.25, 0.3) is 5.91 Å². The van der Waals surface area contributed by atoms with Crippen molar-refractivity contribution in [3.8, 4) is 0 Å². The maximum Gasteiger partial charge on any atom is 0.325 e. The van der Waals surface area contributed by atoms with Gasteiger partial charge in [0.15, 0.2) is 0 Å². The first kappa shape index (κ1) is 19.0. The Morgan fingerprint density at radius 2 is 1.90 bits per heavy atom. The maximum atomic E-state index is 14.4. The topological polar surface area (TPSA) is 69.7 Å². The highest BCUT2D eigenvalue weighted by Gasteiger charge is 2.49. The zero-order chi connectivity index (χ0) is 20.8. The number of rotatable bonds is 3. The van der Waals surface area contributed by atoms with Crippen LogP contribution in [0.3, 0.4) is 0 Å². The lowest BCUT2D eigenvalue weighted by Gasteiger charge is -2.31. The number of hydrogen-bond acceptors (Lipinski definition) is 3. The molecular formula is C21H19F2N3O3. The van der Waals surface area contributed by atoms with E-state index in [1.165, 1.54) is 11.0 Å². The van der Waals surface area contributed by atoms with Gasteiger partial charge in [-0.15, -0.1) is 0 Å². The Balaban J connectivity index is 1.59. The molecule has 0 spiro atoms. The summed E-state index contributed by atoms with van der Waals surface area (Å²) in [5, 5.41) is 2.64. The number of hydrogen-bond donors (Lipinski definition) is 1. The number of carbonyl (C=O) groups excluding carboxylic acids is 3. The largest absolute Gasteiger partial charge is 0.325 e. The monoisotopic (exact) mass is 399 g/mol. The first-order valence-electron chi connectivity index (χ1n) is 9.29. The van der Waals surface area contributed by atoms with Crippen molar-refractivity contribution in [1.29, 1.82) is 0 Å². The number of fused-ring (bicyclic) bond motifs is 1. The Morgan fingerprint density at radius 1 is 1.17 bits per heavy atom. The molecule has 2 aliphatic rings. The van der Waals surface area contributed by atoms with Gasteiger partial charge in [0.05, 0.1) is 5.69 Å². The summed E-state index contributed by atoms with van der Waals surface area (Å²) in [7, 11) is 0. The predicted octanol–water partition coefficient (Wildman–Crippen LogP) is 2.71. The molecule has 0 saturated carbocycles. The molecule has 8 heteroatoms. The van der Waals surface area contributed by atoms with Crippen LogP contribution in [0.25, 0.3) is 0 Å². The summed E-state index contributed by atoms with van der Waals surface area (Å²) < 4.78 is 27.9. The van der Waals surface area contributed by atoms with Crippen molar-refractivity contribution >= 4 is 23.5 Å². The summed E-state index contributed by atoms with van der Waals surface area (Å²) in [6.45, 7) is 1.28. The molecular weight excluding hydrogens is 380 g/mol. The van der Waals surface area contributed by atoms with Crippen LogP contribution >= 0.6 is 0 Å². The van der Waals surface area contributed by atoms with Gasteiger partial charge in [-0.2, -0.15) is 0 Å². The van der Waals surface area contributed by atoms with Crippen LogP contribution in [0.4, 0.5) is 19.3 Å². The minimum absolute atomic E-state index is 0.0144. The number of imide groups is 1. The highest BCUT2D eigenvalue weighted by Crippen LogP contribution is 2.32. The SMILES string of the molecule is CC1(c2ccccc2)NC(=O)N(CC(=O)N2CCCc3cc(F)cc(F)c32)C1=O. The van der Waals surface area contributed by atoms with Gasteiger partial charge in [0.1, 0.15) is 23.7 Å². The van der Waals surface area contributed by atoms with E-state index in [1.807, 2.05) is 0 Å². The molecule has 2 heterocycles. The van der Waals surface area contributed by atoms with Crippen LogP contribution in [0.15, 0.2) is 42.5 Å². The van der Waals surface area contributed by atoms with E-state index in [-0.39, 0.29) is 12.2 Å². The number of carbonyl (C=O) groups is 3. The van der Waals surface area contributed by atoms with Crippen molar-refractivity contribution in [2.45, 2.75) is 25.3 Å². The fourth-order valence-electron chi connectivity index (χ4n) is 3.93. The van der Waals surface area contributed by atoms with Crippen LogP contribution in [0.5, 0.6) is 0 Å². The van der Waals surface area contributed by atoms with Crippen molar-refractivity contribution in [3.05, 3.63) is 65.2 Å². The van der Waals surface area contributed by atoms with Gasteiger partial charge in [0.2, 0.25) is 5.91 Å². The fourth-order valence-corrected chi connectivity index (χ4v) is 3.93. The van der Waals surface area contributed by atoms with Crippen LogP contribution in [0.1, 0.15) is 24.5 Å². The van der Waals surface area contributed by atoms with Crippen molar-refractivity contribution in [2.75, 3.05) is 18.0 Å². The van der Waals surface area contributed by atoms with Gasteiger partial charge in [-0.1, -0.05) is 30.3 Å². The molecule has 2 aromatic rings. The average molecular weight is 399 g/mol. The van der Waals surface area contributed by atoms with Crippen molar-refractivity contribution in [2.24, 2.45) is 0 Å². The Labute approximate surface area is 166 Å². The number of anilines is 1. The summed E-state index contributed by atoms with van der Waals surface area (Å²) in [5.41, 5.74) is -0.278. The molecule has 29 heavy (non-hydrogen) atoms. The summed E-state index contributed by atoms with van der Waals surface area (Å²) in [6.07, 6.45) is 0.979. The average Bonchev–Trinajstić information content (AvgIpc) is 2.92. The Morgan fingerprint density at radius 3 is 2.62 bits per heavy atom. The lowest BCUT2D eigenvalue weighted by atomic mass is 9.92. The maximum absolute atomic E-state index is 14.4. The third kappa shape index (κ3) is 3.14. The van der Waals surface area contributed by atoms with E-state index in [0.29, 0.717) is 24.0 Å². The number of aryl methyl sites for hydroxylation is 1. The molecule has 2 aromatic carbocycles. The Hall–Kier alpha value is -3.29. The third-order valence-corrected chi connectivity index (χ3v) is 5.43. The van der Waals surface area contributed by atoms with Crippen LogP contribution in [-0.4, -0.2) is 35.8 Å².